The smallest absolute Gasteiger partial charge is 0.416 e. The third-order valence-electron chi connectivity index (χ3n) is 2.20. The summed E-state index contributed by atoms with van der Waals surface area (Å²) in [6, 6.07) is 1.66. The van der Waals surface area contributed by atoms with Crippen molar-refractivity contribution in [1.82, 2.24) is 14.6 Å². The van der Waals surface area contributed by atoms with E-state index in [9.17, 15) is 18.0 Å². The Morgan fingerprint density at radius 2 is 2.17 bits per heavy atom. The molecule has 0 atom stereocenters. The number of carbonyl (C=O) groups excluding carboxylic acids is 1. The molecule has 0 N–H and O–H groups in total. The van der Waals surface area contributed by atoms with Crippen LogP contribution in [0.2, 0.25) is 0 Å². The standard InChI is InChI=1S/C10H8F3N3O2/c1-2-18-9(17)8-15-14-7-5-6(10(11,12)13)3-4-16(7)8/h3-5H,2H2,1H3. The van der Waals surface area contributed by atoms with E-state index in [4.69, 9.17) is 4.74 Å². The van der Waals surface area contributed by atoms with Crippen molar-refractivity contribution in [3.05, 3.63) is 29.7 Å². The van der Waals surface area contributed by atoms with Crippen LogP contribution in [0.5, 0.6) is 0 Å². The Labute approximate surface area is 99.2 Å². The van der Waals surface area contributed by atoms with Crippen LogP contribution in [0, 0.1) is 0 Å². The SMILES string of the molecule is CCOC(=O)c1nnc2cc(C(F)(F)F)ccn12. The zero-order valence-corrected chi connectivity index (χ0v) is 9.23. The highest BCUT2D eigenvalue weighted by molar-refractivity contribution is 5.86. The normalized spacial score (nSPS) is 11.8. The van der Waals surface area contributed by atoms with Gasteiger partial charge in [0.2, 0.25) is 5.82 Å². The molecule has 0 aliphatic heterocycles. The molecule has 0 spiro atoms. The summed E-state index contributed by atoms with van der Waals surface area (Å²) in [5.41, 5.74) is -0.911. The molecular formula is C10H8F3N3O2. The molecule has 0 unspecified atom stereocenters. The van der Waals surface area contributed by atoms with Gasteiger partial charge in [0, 0.05) is 6.20 Å². The molecular weight excluding hydrogens is 251 g/mol. The highest BCUT2D eigenvalue weighted by Crippen LogP contribution is 2.29. The Morgan fingerprint density at radius 1 is 1.44 bits per heavy atom. The van der Waals surface area contributed by atoms with Crippen molar-refractivity contribution >= 4 is 11.6 Å². The molecule has 18 heavy (non-hydrogen) atoms. The molecule has 0 aliphatic carbocycles. The van der Waals surface area contributed by atoms with Crippen LogP contribution in [0.4, 0.5) is 13.2 Å². The van der Waals surface area contributed by atoms with Crippen LogP contribution in [0.1, 0.15) is 23.1 Å². The van der Waals surface area contributed by atoms with Crippen LogP contribution >= 0.6 is 0 Å². The lowest BCUT2D eigenvalue weighted by molar-refractivity contribution is -0.137. The second-order valence-corrected chi connectivity index (χ2v) is 3.39. The Kier molecular flexibility index (Phi) is 2.93. The molecule has 2 heterocycles. The molecule has 0 radical (unpaired) electrons. The lowest BCUT2D eigenvalue weighted by Gasteiger charge is -2.06. The maximum Gasteiger partial charge on any atom is 0.416 e. The van der Waals surface area contributed by atoms with Gasteiger partial charge >= 0.3 is 12.1 Å². The monoisotopic (exact) mass is 259 g/mol. The summed E-state index contributed by atoms with van der Waals surface area (Å²) in [4.78, 5) is 11.4. The predicted molar refractivity (Wildman–Crippen MR) is 53.9 cm³/mol. The highest BCUT2D eigenvalue weighted by atomic mass is 19.4. The van der Waals surface area contributed by atoms with Crippen LogP contribution in [0.15, 0.2) is 18.3 Å². The molecule has 0 fully saturated rings. The van der Waals surface area contributed by atoms with Gasteiger partial charge in [0.15, 0.2) is 5.65 Å². The average Bonchev–Trinajstić information content (AvgIpc) is 2.70. The first-order valence-corrected chi connectivity index (χ1v) is 5.02. The van der Waals surface area contributed by atoms with E-state index in [0.717, 1.165) is 22.7 Å². The van der Waals surface area contributed by atoms with E-state index in [0.29, 0.717) is 0 Å². The van der Waals surface area contributed by atoms with Gasteiger partial charge in [-0.3, -0.25) is 4.40 Å². The van der Waals surface area contributed by atoms with Gasteiger partial charge in [-0.05, 0) is 19.1 Å². The molecule has 2 aromatic heterocycles. The predicted octanol–water partition coefficient (Wildman–Crippen LogP) is 1.92. The van der Waals surface area contributed by atoms with Gasteiger partial charge in [-0.1, -0.05) is 0 Å². The zero-order valence-electron chi connectivity index (χ0n) is 9.23. The summed E-state index contributed by atoms with van der Waals surface area (Å²) < 4.78 is 43.2. The number of aromatic nitrogens is 3. The van der Waals surface area contributed by atoms with Gasteiger partial charge in [0.1, 0.15) is 0 Å². The second kappa shape index (κ2) is 4.28. The molecule has 0 saturated heterocycles. The molecule has 8 heteroatoms. The van der Waals surface area contributed by atoms with Crippen molar-refractivity contribution in [2.45, 2.75) is 13.1 Å². The molecule has 0 aromatic carbocycles. The van der Waals surface area contributed by atoms with E-state index >= 15 is 0 Å². The molecule has 96 valence electrons. The number of hydrogen-bond donors (Lipinski definition) is 0. The van der Waals surface area contributed by atoms with Crippen molar-refractivity contribution in [2.75, 3.05) is 6.61 Å². The molecule has 2 aromatic rings. The van der Waals surface area contributed by atoms with E-state index in [1.165, 1.54) is 0 Å². The van der Waals surface area contributed by atoms with Gasteiger partial charge in [-0.25, -0.2) is 4.79 Å². The van der Waals surface area contributed by atoms with Crippen molar-refractivity contribution in [3.63, 3.8) is 0 Å². The van der Waals surface area contributed by atoms with Gasteiger partial charge in [-0.15, -0.1) is 10.2 Å². The highest BCUT2D eigenvalue weighted by Gasteiger charge is 2.31. The van der Waals surface area contributed by atoms with Gasteiger partial charge in [0.05, 0.1) is 12.2 Å². The van der Waals surface area contributed by atoms with E-state index < -0.39 is 17.7 Å². The average molecular weight is 259 g/mol. The van der Waals surface area contributed by atoms with Crippen LogP contribution in [-0.2, 0) is 10.9 Å². The number of hydrogen-bond acceptors (Lipinski definition) is 4. The van der Waals surface area contributed by atoms with E-state index in [-0.39, 0.29) is 18.1 Å². The Morgan fingerprint density at radius 3 is 2.78 bits per heavy atom. The van der Waals surface area contributed by atoms with E-state index in [2.05, 4.69) is 10.2 Å². The summed E-state index contributed by atoms with van der Waals surface area (Å²) in [7, 11) is 0. The largest absolute Gasteiger partial charge is 0.460 e. The van der Waals surface area contributed by atoms with Gasteiger partial charge in [0.25, 0.3) is 0 Å². The topological polar surface area (TPSA) is 56.5 Å². The fourth-order valence-electron chi connectivity index (χ4n) is 1.40. The van der Waals surface area contributed by atoms with Crippen LogP contribution in [0.3, 0.4) is 0 Å². The van der Waals surface area contributed by atoms with Crippen LogP contribution < -0.4 is 0 Å². The molecule has 0 amide bonds. The first kappa shape index (κ1) is 12.3. The van der Waals surface area contributed by atoms with Crippen molar-refractivity contribution in [1.29, 1.82) is 0 Å². The molecule has 0 aliphatic rings. The van der Waals surface area contributed by atoms with Crippen LogP contribution in [0.25, 0.3) is 5.65 Å². The number of carbonyl (C=O) groups is 1. The maximum absolute atomic E-state index is 12.5. The molecule has 2 rings (SSSR count). The third-order valence-corrected chi connectivity index (χ3v) is 2.20. The fraction of sp³-hybridized carbons (Fsp3) is 0.300. The van der Waals surface area contributed by atoms with Gasteiger partial charge in [-0.2, -0.15) is 13.2 Å². The summed E-state index contributed by atoms with van der Waals surface area (Å²) in [6.07, 6.45) is -3.37. The first-order chi connectivity index (χ1) is 8.43. The minimum absolute atomic E-state index is 0.0621. The quantitative estimate of drug-likeness (QED) is 0.773. The van der Waals surface area contributed by atoms with E-state index in [1.807, 2.05) is 0 Å². The second-order valence-electron chi connectivity index (χ2n) is 3.39. The van der Waals surface area contributed by atoms with E-state index in [1.54, 1.807) is 6.92 Å². The number of esters is 1. The van der Waals surface area contributed by atoms with Gasteiger partial charge < -0.3 is 4.74 Å². The fourth-order valence-corrected chi connectivity index (χ4v) is 1.40. The number of pyridine rings is 1. The Balaban J connectivity index is 2.47. The number of ether oxygens (including phenoxy) is 1. The first-order valence-electron chi connectivity index (χ1n) is 5.02. The van der Waals surface area contributed by atoms with Crippen LogP contribution in [-0.4, -0.2) is 27.2 Å². The number of nitrogens with zero attached hydrogens (tertiary/aromatic N) is 3. The Hall–Kier alpha value is -2.12. The molecule has 5 nitrogen and oxygen atoms in total. The molecule has 0 saturated carbocycles. The number of alkyl halides is 3. The summed E-state index contributed by atoms with van der Waals surface area (Å²) >= 11 is 0. The zero-order chi connectivity index (χ0) is 13.3. The minimum atomic E-state index is -4.46. The third kappa shape index (κ3) is 2.13. The summed E-state index contributed by atoms with van der Waals surface area (Å²) in [5, 5.41) is 7.02. The van der Waals surface area contributed by atoms with Crippen molar-refractivity contribution < 1.29 is 22.7 Å². The maximum atomic E-state index is 12.5. The number of halogens is 3. The molecule has 0 bridgehead atoms. The minimum Gasteiger partial charge on any atom is -0.460 e. The number of rotatable bonds is 2. The lowest BCUT2D eigenvalue weighted by atomic mass is 10.2. The summed E-state index contributed by atoms with van der Waals surface area (Å²) in [6.45, 7) is 1.76. The summed E-state index contributed by atoms with van der Waals surface area (Å²) in [5.74, 6) is -0.884. The van der Waals surface area contributed by atoms with Crippen molar-refractivity contribution in [3.8, 4) is 0 Å². The number of fused-ring (bicyclic) bond motifs is 1. The lowest BCUT2D eigenvalue weighted by Crippen LogP contribution is -2.10. The van der Waals surface area contributed by atoms with Crippen molar-refractivity contribution in [2.24, 2.45) is 0 Å². The Bertz CT molecular complexity index is 592.